The van der Waals surface area contributed by atoms with Gasteiger partial charge in [0, 0.05) is 31.2 Å². The lowest BCUT2D eigenvalue weighted by Gasteiger charge is -2.33. The standard InChI is InChI=1S/C23H30N2O2/c1-17(2)27-22-6-4-5-19(15-22)16-24-23(26)20-11-13-25(14-12-20)21-9-7-18(3)8-10-21/h4-10,15,17,20H,11-14,16H2,1-3H3,(H,24,26). The quantitative estimate of drug-likeness (QED) is 0.828. The lowest BCUT2D eigenvalue weighted by atomic mass is 9.95. The average molecular weight is 367 g/mol. The fourth-order valence-corrected chi connectivity index (χ4v) is 3.49. The summed E-state index contributed by atoms with van der Waals surface area (Å²) in [6.45, 7) is 8.53. The molecule has 27 heavy (non-hydrogen) atoms. The zero-order valence-electron chi connectivity index (χ0n) is 16.6. The Morgan fingerprint density at radius 1 is 1.15 bits per heavy atom. The van der Waals surface area contributed by atoms with Crippen molar-refractivity contribution in [3.8, 4) is 5.75 Å². The van der Waals surface area contributed by atoms with Gasteiger partial charge in [-0.2, -0.15) is 0 Å². The lowest BCUT2D eigenvalue weighted by Crippen LogP contribution is -2.40. The first-order valence-corrected chi connectivity index (χ1v) is 9.86. The maximum absolute atomic E-state index is 12.6. The van der Waals surface area contributed by atoms with Gasteiger partial charge in [0.1, 0.15) is 5.75 Å². The van der Waals surface area contributed by atoms with Crippen molar-refractivity contribution < 1.29 is 9.53 Å². The molecular formula is C23H30N2O2. The molecule has 4 heteroatoms. The van der Waals surface area contributed by atoms with Crippen molar-refractivity contribution in [1.82, 2.24) is 5.32 Å². The topological polar surface area (TPSA) is 41.6 Å². The van der Waals surface area contributed by atoms with Crippen molar-refractivity contribution in [3.63, 3.8) is 0 Å². The summed E-state index contributed by atoms with van der Waals surface area (Å²) in [6, 6.07) is 16.6. The Morgan fingerprint density at radius 2 is 1.85 bits per heavy atom. The highest BCUT2D eigenvalue weighted by Gasteiger charge is 2.24. The minimum absolute atomic E-state index is 0.0989. The molecule has 4 nitrogen and oxygen atoms in total. The molecule has 0 radical (unpaired) electrons. The molecule has 1 fully saturated rings. The summed E-state index contributed by atoms with van der Waals surface area (Å²) >= 11 is 0. The molecule has 3 rings (SSSR count). The van der Waals surface area contributed by atoms with Gasteiger partial charge in [0.25, 0.3) is 0 Å². The molecule has 2 aromatic rings. The number of aryl methyl sites for hydroxylation is 1. The van der Waals surface area contributed by atoms with Gasteiger partial charge in [-0.15, -0.1) is 0 Å². The summed E-state index contributed by atoms with van der Waals surface area (Å²) in [5.74, 6) is 1.11. The van der Waals surface area contributed by atoms with Crippen LogP contribution in [0.4, 0.5) is 5.69 Å². The highest BCUT2D eigenvalue weighted by atomic mass is 16.5. The van der Waals surface area contributed by atoms with E-state index in [4.69, 9.17) is 4.74 Å². The molecule has 1 amide bonds. The van der Waals surface area contributed by atoms with Gasteiger partial charge in [0.05, 0.1) is 6.10 Å². The Labute approximate surface area is 162 Å². The highest BCUT2D eigenvalue weighted by molar-refractivity contribution is 5.79. The summed E-state index contributed by atoms with van der Waals surface area (Å²) in [5, 5.41) is 3.10. The summed E-state index contributed by atoms with van der Waals surface area (Å²) in [6.07, 6.45) is 1.94. The minimum atomic E-state index is 0.0989. The molecule has 0 aromatic heterocycles. The number of carbonyl (C=O) groups is 1. The second-order valence-electron chi connectivity index (χ2n) is 7.63. The predicted octanol–water partition coefficient (Wildman–Crippen LogP) is 4.32. The Bertz CT molecular complexity index is 747. The van der Waals surface area contributed by atoms with Gasteiger partial charge in [-0.3, -0.25) is 4.79 Å². The van der Waals surface area contributed by atoms with E-state index in [-0.39, 0.29) is 17.9 Å². The van der Waals surface area contributed by atoms with Crippen LogP contribution in [0.3, 0.4) is 0 Å². The first-order chi connectivity index (χ1) is 13.0. The predicted molar refractivity (Wildman–Crippen MR) is 110 cm³/mol. The number of nitrogens with one attached hydrogen (secondary N) is 1. The molecule has 1 N–H and O–H groups in total. The number of rotatable bonds is 6. The fraction of sp³-hybridized carbons (Fsp3) is 0.435. The molecule has 1 saturated heterocycles. The van der Waals surface area contributed by atoms with Crippen LogP contribution in [0.15, 0.2) is 48.5 Å². The van der Waals surface area contributed by atoms with Crippen LogP contribution < -0.4 is 15.0 Å². The Morgan fingerprint density at radius 3 is 2.52 bits per heavy atom. The van der Waals surface area contributed by atoms with E-state index in [1.807, 2.05) is 38.1 Å². The van der Waals surface area contributed by atoms with E-state index in [0.717, 1.165) is 37.2 Å². The third-order valence-corrected chi connectivity index (χ3v) is 5.00. The zero-order valence-corrected chi connectivity index (χ0v) is 16.6. The van der Waals surface area contributed by atoms with E-state index >= 15 is 0 Å². The number of nitrogens with zero attached hydrogens (tertiary/aromatic N) is 1. The van der Waals surface area contributed by atoms with E-state index < -0.39 is 0 Å². The van der Waals surface area contributed by atoms with Gasteiger partial charge in [-0.1, -0.05) is 29.8 Å². The zero-order chi connectivity index (χ0) is 19.2. The van der Waals surface area contributed by atoms with Crippen LogP contribution in [0.1, 0.15) is 37.8 Å². The third-order valence-electron chi connectivity index (χ3n) is 5.00. The summed E-state index contributed by atoms with van der Waals surface area (Å²) in [5.41, 5.74) is 3.59. The van der Waals surface area contributed by atoms with Gasteiger partial charge >= 0.3 is 0 Å². The second-order valence-corrected chi connectivity index (χ2v) is 7.63. The Kier molecular flexibility index (Phi) is 6.38. The van der Waals surface area contributed by atoms with Crippen molar-refractivity contribution in [3.05, 3.63) is 59.7 Å². The number of benzene rings is 2. The second kappa shape index (κ2) is 8.94. The van der Waals surface area contributed by atoms with Gasteiger partial charge in [-0.05, 0) is 63.4 Å². The van der Waals surface area contributed by atoms with Gasteiger partial charge in [0.15, 0.2) is 0 Å². The number of amides is 1. The van der Waals surface area contributed by atoms with Gasteiger partial charge < -0.3 is 15.0 Å². The maximum atomic E-state index is 12.6. The van der Waals surface area contributed by atoms with Crippen LogP contribution in [0.2, 0.25) is 0 Å². The van der Waals surface area contributed by atoms with Crippen LogP contribution in [-0.4, -0.2) is 25.1 Å². The molecule has 0 saturated carbocycles. The largest absolute Gasteiger partial charge is 0.491 e. The SMILES string of the molecule is Cc1ccc(N2CCC(C(=O)NCc3cccc(OC(C)C)c3)CC2)cc1. The van der Waals surface area contributed by atoms with Crippen molar-refractivity contribution in [2.24, 2.45) is 5.92 Å². The molecule has 144 valence electrons. The maximum Gasteiger partial charge on any atom is 0.223 e. The van der Waals surface area contributed by atoms with Crippen LogP contribution in [0.5, 0.6) is 5.75 Å². The smallest absolute Gasteiger partial charge is 0.223 e. The van der Waals surface area contributed by atoms with Crippen LogP contribution >= 0.6 is 0 Å². The van der Waals surface area contributed by atoms with Crippen molar-refractivity contribution in [1.29, 1.82) is 0 Å². The molecule has 0 unspecified atom stereocenters. The molecule has 0 aliphatic carbocycles. The van der Waals surface area contributed by atoms with Crippen molar-refractivity contribution >= 4 is 11.6 Å². The summed E-state index contributed by atoms with van der Waals surface area (Å²) < 4.78 is 5.72. The summed E-state index contributed by atoms with van der Waals surface area (Å²) in [7, 11) is 0. The van der Waals surface area contributed by atoms with Gasteiger partial charge in [-0.25, -0.2) is 0 Å². The highest BCUT2D eigenvalue weighted by Crippen LogP contribution is 2.24. The number of ether oxygens (including phenoxy) is 1. The normalized spacial score (nSPS) is 15.0. The number of hydrogen-bond acceptors (Lipinski definition) is 3. The molecule has 1 aliphatic rings. The van der Waals surface area contributed by atoms with E-state index in [9.17, 15) is 4.79 Å². The summed E-state index contributed by atoms with van der Waals surface area (Å²) in [4.78, 5) is 14.9. The van der Waals surface area contributed by atoms with Crippen LogP contribution in [0.25, 0.3) is 0 Å². The van der Waals surface area contributed by atoms with Crippen LogP contribution in [0, 0.1) is 12.8 Å². The monoisotopic (exact) mass is 366 g/mol. The van der Waals surface area contributed by atoms with E-state index in [0.29, 0.717) is 6.54 Å². The minimum Gasteiger partial charge on any atom is -0.491 e. The molecule has 0 spiro atoms. The molecule has 1 aliphatic heterocycles. The number of anilines is 1. The van der Waals surface area contributed by atoms with Gasteiger partial charge in [0.2, 0.25) is 5.91 Å². The lowest BCUT2D eigenvalue weighted by molar-refractivity contribution is -0.125. The average Bonchev–Trinajstić information content (AvgIpc) is 2.67. The first kappa shape index (κ1) is 19.3. The molecular weight excluding hydrogens is 336 g/mol. The molecule has 2 aromatic carbocycles. The van der Waals surface area contributed by atoms with Crippen molar-refractivity contribution in [2.75, 3.05) is 18.0 Å². The first-order valence-electron chi connectivity index (χ1n) is 9.86. The Hall–Kier alpha value is -2.49. The van der Waals surface area contributed by atoms with Crippen LogP contribution in [-0.2, 0) is 11.3 Å². The van der Waals surface area contributed by atoms with E-state index in [2.05, 4.69) is 41.4 Å². The molecule has 1 heterocycles. The van der Waals surface area contributed by atoms with E-state index in [1.54, 1.807) is 0 Å². The molecule has 0 atom stereocenters. The van der Waals surface area contributed by atoms with Crippen molar-refractivity contribution in [2.45, 2.75) is 46.3 Å². The Balaban J connectivity index is 1.48. The van der Waals surface area contributed by atoms with E-state index in [1.165, 1.54) is 11.3 Å². The third kappa shape index (κ3) is 5.49. The molecule has 0 bridgehead atoms. The fourth-order valence-electron chi connectivity index (χ4n) is 3.49. The number of hydrogen-bond donors (Lipinski definition) is 1. The number of piperidine rings is 1. The number of carbonyl (C=O) groups excluding carboxylic acids is 1.